The molecule has 178 valence electrons. The molecule has 0 aliphatic carbocycles. The Morgan fingerprint density at radius 3 is 2.29 bits per heavy atom. The van der Waals surface area contributed by atoms with Gasteiger partial charge in [0.2, 0.25) is 0 Å². The standard InChI is InChI=1S/C25H24ClF2N3O2S/c1-16-18-5-3-4-6-20(18)24(14-22(16)30-11-9-29(2)10-12-30)34(32,33)31-15-21(25(27)28)19-8-7-17(26)13-23(19)31/h3-8,13-15,25H,9-12H2,1-2H3. The monoisotopic (exact) mass is 503 g/mol. The zero-order valence-corrected chi connectivity index (χ0v) is 20.4. The van der Waals surface area contributed by atoms with E-state index in [1.807, 2.05) is 19.1 Å². The van der Waals surface area contributed by atoms with Crippen LogP contribution < -0.4 is 4.90 Å². The lowest BCUT2D eigenvalue weighted by molar-refractivity contribution is 0.153. The molecule has 1 aliphatic heterocycles. The summed E-state index contributed by atoms with van der Waals surface area (Å²) in [6, 6.07) is 13.3. The van der Waals surface area contributed by atoms with E-state index in [2.05, 4.69) is 16.8 Å². The van der Waals surface area contributed by atoms with Crippen molar-refractivity contribution in [1.29, 1.82) is 0 Å². The van der Waals surface area contributed by atoms with Crippen LogP contribution in [0.5, 0.6) is 0 Å². The summed E-state index contributed by atoms with van der Waals surface area (Å²) >= 11 is 6.12. The highest BCUT2D eigenvalue weighted by atomic mass is 35.5. The molecule has 0 atom stereocenters. The highest BCUT2D eigenvalue weighted by Crippen LogP contribution is 2.38. The van der Waals surface area contributed by atoms with Gasteiger partial charge in [0, 0.05) is 59.4 Å². The number of alkyl halides is 2. The average molecular weight is 504 g/mol. The van der Waals surface area contributed by atoms with Crippen LogP contribution in [0.2, 0.25) is 5.02 Å². The van der Waals surface area contributed by atoms with E-state index in [1.165, 1.54) is 18.2 Å². The summed E-state index contributed by atoms with van der Waals surface area (Å²) in [4.78, 5) is 4.50. The topological polar surface area (TPSA) is 45.6 Å². The van der Waals surface area contributed by atoms with Crippen molar-refractivity contribution in [3.63, 3.8) is 0 Å². The molecule has 1 saturated heterocycles. The Balaban J connectivity index is 1.78. The van der Waals surface area contributed by atoms with Crippen LogP contribution in [0.3, 0.4) is 0 Å². The van der Waals surface area contributed by atoms with Crippen LogP contribution in [0.4, 0.5) is 14.5 Å². The number of nitrogens with zero attached hydrogens (tertiary/aromatic N) is 3. The van der Waals surface area contributed by atoms with Gasteiger partial charge in [0.1, 0.15) is 0 Å². The minimum Gasteiger partial charge on any atom is -0.369 e. The number of benzene rings is 3. The second-order valence-corrected chi connectivity index (χ2v) is 10.9. The molecule has 0 spiro atoms. The van der Waals surface area contributed by atoms with Crippen molar-refractivity contribution in [2.45, 2.75) is 18.2 Å². The Morgan fingerprint density at radius 2 is 1.62 bits per heavy atom. The van der Waals surface area contributed by atoms with E-state index in [0.29, 0.717) is 5.39 Å². The second kappa shape index (κ2) is 8.52. The molecule has 4 aromatic rings. The third kappa shape index (κ3) is 3.74. The summed E-state index contributed by atoms with van der Waals surface area (Å²) in [5.41, 5.74) is 1.63. The van der Waals surface area contributed by atoms with Crippen molar-refractivity contribution in [1.82, 2.24) is 8.87 Å². The molecule has 1 aliphatic rings. The first kappa shape index (κ1) is 23.1. The van der Waals surface area contributed by atoms with Crippen LogP contribution in [0.25, 0.3) is 21.7 Å². The first-order chi connectivity index (χ1) is 16.2. The molecule has 1 aromatic heterocycles. The molecule has 0 amide bonds. The van der Waals surface area contributed by atoms with Gasteiger partial charge >= 0.3 is 0 Å². The summed E-state index contributed by atoms with van der Waals surface area (Å²) < 4.78 is 56.6. The maximum atomic E-state index is 14.1. The SMILES string of the molecule is Cc1c(N2CCN(C)CC2)cc(S(=O)(=O)n2cc(C(F)F)c3ccc(Cl)cc32)c2ccccc12. The molecular weight excluding hydrogens is 480 g/mol. The number of aromatic nitrogens is 1. The molecule has 9 heteroatoms. The minimum absolute atomic E-state index is 0.0836. The van der Waals surface area contributed by atoms with Gasteiger partial charge in [-0.25, -0.2) is 21.2 Å². The van der Waals surface area contributed by atoms with Gasteiger partial charge in [0.15, 0.2) is 0 Å². The Bertz CT molecular complexity index is 1510. The molecule has 0 saturated carbocycles. The van der Waals surface area contributed by atoms with Crippen LogP contribution in [-0.2, 0) is 10.0 Å². The molecule has 1 fully saturated rings. The van der Waals surface area contributed by atoms with Gasteiger partial charge in [-0.05, 0) is 43.1 Å². The highest BCUT2D eigenvalue weighted by Gasteiger charge is 2.28. The summed E-state index contributed by atoms with van der Waals surface area (Å²) in [5.74, 6) is 0. The van der Waals surface area contributed by atoms with Crippen LogP contribution in [0.1, 0.15) is 17.6 Å². The van der Waals surface area contributed by atoms with E-state index in [4.69, 9.17) is 11.6 Å². The quantitative estimate of drug-likeness (QED) is 0.359. The predicted octanol–water partition coefficient (Wildman–Crippen LogP) is 5.68. The molecule has 3 aromatic carbocycles. The predicted molar refractivity (Wildman–Crippen MR) is 133 cm³/mol. The van der Waals surface area contributed by atoms with Gasteiger partial charge in [0.05, 0.1) is 10.4 Å². The van der Waals surface area contributed by atoms with E-state index in [0.717, 1.165) is 53.0 Å². The van der Waals surface area contributed by atoms with Crippen molar-refractivity contribution in [3.05, 3.63) is 70.9 Å². The minimum atomic E-state index is -4.22. The molecule has 2 heterocycles. The fraction of sp³-hybridized carbons (Fsp3) is 0.280. The van der Waals surface area contributed by atoms with Crippen LogP contribution in [0.15, 0.2) is 59.6 Å². The average Bonchev–Trinajstić information content (AvgIpc) is 3.20. The van der Waals surface area contributed by atoms with Gasteiger partial charge in [-0.2, -0.15) is 0 Å². The fourth-order valence-electron chi connectivity index (χ4n) is 4.74. The van der Waals surface area contributed by atoms with Gasteiger partial charge in [-0.3, -0.25) is 0 Å². The largest absolute Gasteiger partial charge is 0.369 e. The van der Waals surface area contributed by atoms with Crippen LogP contribution in [-0.4, -0.2) is 50.5 Å². The molecule has 0 unspecified atom stereocenters. The number of rotatable bonds is 4. The van der Waals surface area contributed by atoms with Crippen LogP contribution >= 0.6 is 11.6 Å². The molecule has 5 rings (SSSR count). The first-order valence-corrected chi connectivity index (χ1v) is 12.8. The Hall–Kier alpha value is -2.68. The molecular formula is C25H24ClF2N3O2S. The summed E-state index contributed by atoms with van der Waals surface area (Å²) in [5, 5.41) is 1.81. The Kier molecular flexibility index (Phi) is 5.78. The zero-order chi connectivity index (χ0) is 24.2. The van der Waals surface area contributed by atoms with Gasteiger partial charge in [-0.15, -0.1) is 0 Å². The number of hydrogen-bond acceptors (Lipinski definition) is 4. The van der Waals surface area contributed by atoms with E-state index >= 15 is 0 Å². The lowest BCUT2D eigenvalue weighted by Crippen LogP contribution is -2.44. The van der Waals surface area contributed by atoms with Crippen molar-refractivity contribution in [2.75, 3.05) is 38.1 Å². The zero-order valence-electron chi connectivity index (χ0n) is 18.8. The third-order valence-electron chi connectivity index (χ3n) is 6.63. The first-order valence-electron chi connectivity index (χ1n) is 11.0. The van der Waals surface area contributed by atoms with Crippen molar-refractivity contribution in [2.24, 2.45) is 0 Å². The lowest BCUT2D eigenvalue weighted by Gasteiger charge is -2.35. The van der Waals surface area contributed by atoms with Crippen molar-refractivity contribution < 1.29 is 17.2 Å². The smallest absolute Gasteiger partial charge is 0.268 e. The molecule has 0 radical (unpaired) electrons. The fourth-order valence-corrected chi connectivity index (χ4v) is 6.49. The number of likely N-dealkylation sites (N-methyl/N-ethyl adjacent to an activating group) is 1. The van der Waals surface area contributed by atoms with Crippen LogP contribution in [0, 0.1) is 6.92 Å². The van der Waals surface area contributed by atoms with Gasteiger partial charge in [0.25, 0.3) is 16.4 Å². The van der Waals surface area contributed by atoms with Gasteiger partial charge < -0.3 is 9.80 Å². The van der Waals surface area contributed by atoms with E-state index in [1.54, 1.807) is 18.2 Å². The Morgan fingerprint density at radius 1 is 0.941 bits per heavy atom. The lowest BCUT2D eigenvalue weighted by atomic mass is 10.0. The Labute approximate surface area is 202 Å². The van der Waals surface area contributed by atoms with Crippen molar-refractivity contribution >= 4 is 49.0 Å². The second-order valence-electron chi connectivity index (χ2n) is 8.70. The number of anilines is 1. The van der Waals surface area contributed by atoms with E-state index in [9.17, 15) is 17.2 Å². The molecule has 34 heavy (non-hydrogen) atoms. The number of piperazine rings is 1. The normalized spacial score (nSPS) is 15.6. The third-order valence-corrected chi connectivity index (χ3v) is 8.58. The summed E-state index contributed by atoms with van der Waals surface area (Å²) in [7, 11) is -2.16. The van der Waals surface area contributed by atoms with E-state index < -0.39 is 16.4 Å². The molecule has 0 bridgehead atoms. The number of aryl methyl sites for hydroxylation is 1. The maximum absolute atomic E-state index is 14.1. The van der Waals surface area contributed by atoms with Gasteiger partial charge in [-0.1, -0.05) is 41.9 Å². The highest BCUT2D eigenvalue weighted by molar-refractivity contribution is 7.90. The number of fused-ring (bicyclic) bond motifs is 2. The summed E-state index contributed by atoms with van der Waals surface area (Å²) in [6.07, 6.45) is -1.80. The summed E-state index contributed by atoms with van der Waals surface area (Å²) in [6.45, 7) is 5.27. The maximum Gasteiger partial charge on any atom is 0.268 e. The van der Waals surface area contributed by atoms with Crippen molar-refractivity contribution in [3.8, 4) is 0 Å². The number of hydrogen-bond donors (Lipinski definition) is 0. The molecule has 5 nitrogen and oxygen atoms in total. The van der Waals surface area contributed by atoms with E-state index in [-0.39, 0.29) is 26.4 Å². The molecule has 0 N–H and O–H groups in total. The number of halogens is 3.